The van der Waals surface area contributed by atoms with Gasteiger partial charge in [0.15, 0.2) is 0 Å². The van der Waals surface area contributed by atoms with Crippen molar-refractivity contribution in [1.82, 2.24) is 9.97 Å². The predicted octanol–water partition coefficient (Wildman–Crippen LogP) is 6.29. The number of hydrogen-bond donors (Lipinski definition) is 3. The van der Waals surface area contributed by atoms with Gasteiger partial charge in [-0.05, 0) is 97.3 Å². The molecule has 40 heavy (non-hydrogen) atoms. The molecule has 1 saturated carbocycles. The summed E-state index contributed by atoms with van der Waals surface area (Å²) in [5.74, 6) is -0.118. The van der Waals surface area contributed by atoms with Gasteiger partial charge in [0.1, 0.15) is 22.7 Å². The second-order valence-electron chi connectivity index (χ2n) is 9.54. The van der Waals surface area contributed by atoms with E-state index in [2.05, 4.69) is 20.6 Å². The SMILES string of the molecule is O=C(Nc1ccc(F)cc1)C1(C(=O)Nc2ccc(Oc3ccnc4cc(-c5cccnc5O)ccc34)cc2)CC1. The zero-order valence-corrected chi connectivity index (χ0v) is 21.1. The zero-order valence-electron chi connectivity index (χ0n) is 21.1. The molecule has 6 rings (SSSR count). The lowest BCUT2D eigenvalue weighted by Gasteiger charge is -2.16. The number of halogens is 1. The molecule has 198 valence electrons. The van der Waals surface area contributed by atoms with Crippen molar-refractivity contribution in [3.05, 3.63) is 103 Å². The minimum Gasteiger partial charge on any atom is -0.493 e. The average Bonchev–Trinajstić information content (AvgIpc) is 3.78. The maximum Gasteiger partial charge on any atom is 0.240 e. The first-order chi connectivity index (χ1) is 19.4. The van der Waals surface area contributed by atoms with E-state index in [-0.39, 0.29) is 5.88 Å². The summed E-state index contributed by atoms with van der Waals surface area (Å²) in [6, 6.07) is 23.2. The highest BCUT2D eigenvalue weighted by Crippen LogP contribution is 2.47. The Labute approximate surface area is 228 Å². The largest absolute Gasteiger partial charge is 0.493 e. The Kier molecular flexibility index (Phi) is 6.31. The van der Waals surface area contributed by atoms with Gasteiger partial charge in [0, 0.05) is 34.7 Å². The Morgan fingerprint density at radius 2 is 1.50 bits per heavy atom. The highest BCUT2D eigenvalue weighted by atomic mass is 19.1. The second-order valence-corrected chi connectivity index (χ2v) is 9.54. The number of hydrogen-bond acceptors (Lipinski definition) is 6. The molecule has 0 spiro atoms. The van der Waals surface area contributed by atoms with Crippen LogP contribution in [-0.4, -0.2) is 26.9 Å². The van der Waals surface area contributed by atoms with Crippen LogP contribution in [0.15, 0.2) is 97.3 Å². The highest BCUT2D eigenvalue weighted by molar-refractivity contribution is 6.16. The van der Waals surface area contributed by atoms with Crippen LogP contribution in [0.2, 0.25) is 0 Å². The number of carbonyl (C=O) groups is 2. The van der Waals surface area contributed by atoms with E-state index in [0.29, 0.717) is 46.8 Å². The smallest absolute Gasteiger partial charge is 0.240 e. The van der Waals surface area contributed by atoms with Crippen LogP contribution in [0, 0.1) is 11.2 Å². The van der Waals surface area contributed by atoms with Crippen molar-refractivity contribution < 1.29 is 23.8 Å². The van der Waals surface area contributed by atoms with Crippen molar-refractivity contribution in [2.45, 2.75) is 12.8 Å². The van der Waals surface area contributed by atoms with Crippen molar-refractivity contribution in [3.8, 4) is 28.5 Å². The molecule has 3 N–H and O–H groups in total. The van der Waals surface area contributed by atoms with Crippen LogP contribution in [0.5, 0.6) is 17.4 Å². The van der Waals surface area contributed by atoms with Gasteiger partial charge in [0.05, 0.1) is 5.52 Å². The normalized spacial score (nSPS) is 13.4. The molecular weight excluding hydrogens is 511 g/mol. The maximum absolute atomic E-state index is 13.1. The summed E-state index contributed by atoms with van der Waals surface area (Å²) in [6.07, 6.45) is 4.04. The number of anilines is 2. The van der Waals surface area contributed by atoms with E-state index in [1.54, 1.807) is 48.7 Å². The van der Waals surface area contributed by atoms with Gasteiger partial charge in [-0.25, -0.2) is 9.37 Å². The van der Waals surface area contributed by atoms with Crippen molar-refractivity contribution >= 4 is 34.1 Å². The van der Waals surface area contributed by atoms with E-state index in [1.165, 1.54) is 30.5 Å². The van der Waals surface area contributed by atoms with Crippen LogP contribution in [0.3, 0.4) is 0 Å². The summed E-state index contributed by atoms with van der Waals surface area (Å²) in [5.41, 5.74) is 1.89. The molecule has 1 aliphatic carbocycles. The number of amides is 2. The monoisotopic (exact) mass is 534 g/mol. The number of aromatic hydroxyl groups is 1. The lowest BCUT2D eigenvalue weighted by Crippen LogP contribution is -2.35. The number of aromatic nitrogens is 2. The van der Waals surface area contributed by atoms with Gasteiger partial charge in [0.2, 0.25) is 17.7 Å². The number of rotatable bonds is 7. The molecule has 0 radical (unpaired) electrons. The number of pyridine rings is 2. The van der Waals surface area contributed by atoms with E-state index >= 15 is 0 Å². The molecule has 0 atom stereocenters. The Balaban J connectivity index is 1.14. The predicted molar refractivity (Wildman–Crippen MR) is 148 cm³/mol. The molecule has 1 aliphatic rings. The molecule has 0 unspecified atom stereocenters. The van der Waals surface area contributed by atoms with Gasteiger partial charge in [-0.15, -0.1) is 0 Å². The lowest BCUT2D eigenvalue weighted by atomic mass is 10.0. The lowest BCUT2D eigenvalue weighted by molar-refractivity contribution is -0.131. The Morgan fingerprint density at radius 1 is 0.825 bits per heavy atom. The minimum absolute atomic E-state index is 0.0532. The fourth-order valence-corrected chi connectivity index (χ4v) is 4.45. The van der Waals surface area contributed by atoms with Gasteiger partial charge in [-0.3, -0.25) is 14.6 Å². The molecule has 3 aromatic carbocycles. The number of nitrogens with one attached hydrogen (secondary N) is 2. The maximum atomic E-state index is 13.1. The van der Waals surface area contributed by atoms with Crippen LogP contribution in [0.1, 0.15) is 12.8 Å². The summed E-state index contributed by atoms with van der Waals surface area (Å²) in [6.45, 7) is 0. The molecule has 0 aliphatic heterocycles. The fraction of sp³-hybridized carbons (Fsp3) is 0.0968. The molecule has 8 nitrogen and oxygen atoms in total. The minimum atomic E-state index is -1.15. The van der Waals surface area contributed by atoms with E-state index in [9.17, 15) is 19.1 Å². The third-order valence-electron chi connectivity index (χ3n) is 6.86. The Morgan fingerprint density at radius 3 is 2.15 bits per heavy atom. The van der Waals surface area contributed by atoms with Crippen LogP contribution < -0.4 is 15.4 Å². The topological polar surface area (TPSA) is 113 Å². The van der Waals surface area contributed by atoms with Gasteiger partial charge >= 0.3 is 0 Å². The van der Waals surface area contributed by atoms with E-state index in [4.69, 9.17) is 4.74 Å². The number of benzene rings is 3. The summed E-state index contributed by atoms with van der Waals surface area (Å²) >= 11 is 0. The van der Waals surface area contributed by atoms with Crippen LogP contribution in [-0.2, 0) is 9.59 Å². The van der Waals surface area contributed by atoms with Crippen molar-refractivity contribution in [2.75, 3.05) is 10.6 Å². The third-order valence-corrected chi connectivity index (χ3v) is 6.86. The summed E-state index contributed by atoms with van der Waals surface area (Å²) < 4.78 is 19.3. The molecular formula is C31H23FN4O4. The van der Waals surface area contributed by atoms with Crippen LogP contribution in [0.25, 0.3) is 22.0 Å². The van der Waals surface area contributed by atoms with Gasteiger partial charge in [-0.1, -0.05) is 6.07 Å². The van der Waals surface area contributed by atoms with Crippen molar-refractivity contribution in [2.24, 2.45) is 5.41 Å². The van der Waals surface area contributed by atoms with Crippen molar-refractivity contribution in [3.63, 3.8) is 0 Å². The molecule has 9 heteroatoms. The number of carbonyl (C=O) groups excluding carboxylic acids is 2. The standard InChI is InChI=1S/C31H23FN4O4/c32-20-4-6-21(7-5-20)35-29(38)31(14-15-31)30(39)36-22-8-10-23(11-9-22)40-27-13-17-33-26-18-19(3-12-25(26)27)24-2-1-16-34-28(24)37/h1-13,16-18H,14-15H2,(H,34,37)(H,35,38)(H,36,39). The Hall–Kier alpha value is -5.31. The summed E-state index contributed by atoms with van der Waals surface area (Å²) in [7, 11) is 0. The van der Waals surface area contributed by atoms with Crippen LogP contribution in [0.4, 0.5) is 15.8 Å². The molecule has 2 aromatic heterocycles. The molecule has 2 heterocycles. The number of fused-ring (bicyclic) bond motifs is 1. The third kappa shape index (κ3) is 4.92. The number of ether oxygens (including phenoxy) is 1. The zero-order chi connectivity index (χ0) is 27.7. The molecule has 0 bridgehead atoms. The van der Waals surface area contributed by atoms with Crippen LogP contribution >= 0.6 is 0 Å². The first-order valence-corrected chi connectivity index (χ1v) is 12.6. The van der Waals surface area contributed by atoms with E-state index in [0.717, 1.165) is 10.9 Å². The first-order valence-electron chi connectivity index (χ1n) is 12.6. The quantitative estimate of drug-likeness (QED) is 0.212. The Bertz CT molecular complexity index is 1740. The second kappa shape index (κ2) is 10.1. The first kappa shape index (κ1) is 25.0. The molecule has 5 aromatic rings. The average molecular weight is 535 g/mol. The van der Waals surface area contributed by atoms with Gasteiger partial charge in [0.25, 0.3) is 0 Å². The summed E-state index contributed by atoms with van der Waals surface area (Å²) in [5, 5.41) is 16.4. The van der Waals surface area contributed by atoms with E-state index < -0.39 is 23.0 Å². The fourth-order valence-electron chi connectivity index (χ4n) is 4.45. The molecule has 1 fully saturated rings. The number of nitrogens with zero attached hydrogens (tertiary/aromatic N) is 2. The van der Waals surface area contributed by atoms with E-state index in [1.807, 2.05) is 18.2 Å². The van der Waals surface area contributed by atoms with Gasteiger partial charge < -0.3 is 20.5 Å². The van der Waals surface area contributed by atoms with Gasteiger partial charge in [-0.2, -0.15) is 0 Å². The highest BCUT2D eigenvalue weighted by Gasteiger charge is 2.56. The van der Waals surface area contributed by atoms with Crippen molar-refractivity contribution in [1.29, 1.82) is 0 Å². The molecule has 2 amide bonds. The summed E-state index contributed by atoms with van der Waals surface area (Å²) in [4.78, 5) is 34.1. The molecule has 0 saturated heterocycles.